The average Bonchev–Trinajstić information content (AvgIpc) is 2.56. The number of benzene rings is 1. The Kier molecular flexibility index (Phi) is 2.60. The summed E-state index contributed by atoms with van der Waals surface area (Å²) in [6, 6.07) is 5.65. The summed E-state index contributed by atoms with van der Waals surface area (Å²) in [5, 5.41) is 5.86. The summed E-state index contributed by atoms with van der Waals surface area (Å²) in [6.07, 6.45) is 0. The summed E-state index contributed by atoms with van der Waals surface area (Å²) < 4.78 is 5.26. The van der Waals surface area contributed by atoms with Gasteiger partial charge in [0.05, 0.1) is 13.0 Å². The topological polar surface area (TPSA) is 50.4 Å². The minimum absolute atomic E-state index is 0.0313. The van der Waals surface area contributed by atoms with Crippen LogP contribution in [-0.4, -0.2) is 26.6 Å². The van der Waals surface area contributed by atoms with Gasteiger partial charge in [-0.2, -0.15) is 0 Å². The number of hydrogen-bond acceptors (Lipinski definition) is 3. The zero-order valence-electron chi connectivity index (χ0n) is 8.83. The van der Waals surface area contributed by atoms with Crippen molar-refractivity contribution in [2.45, 2.75) is 5.92 Å². The Balaban J connectivity index is 2.45. The Labute approximate surface area is 88.6 Å². The maximum atomic E-state index is 11.7. The predicted octanol–water partition coefficient (Wildman–Crippen LogP) is 0.950. The summed E-state index contributed by atoms with van der Waals surface area (Å²) in [4.78, 5) is 11.7. The molecule has 2 rings (SSSR count). The normalized spacial score (nSPS) is 18.5. The molecule has 0 saturated carbocycles. The van der Waals surface area contributed by atoms with E-state index < -0.39 is 0 Å². The van der Waals surface area contributed by atoms with Crippen LogP contribution >= 0.6 is 0 Å². The lowest BCUT2D eigenvalue weighted by molar-refractivity contribution is -0.116. The fraction of sp³-hybridized carbons (Fsp3) is 0.364. The number of nitrogens with one attached hydrogen (secondary N) is 2. The first-order valence-electron chi connectivity index (χ1n) is 4.90. The highest BCUT2D eigenvalue weighted by Crippen LogP contribution is 2.38. The van der Waals surface area contributed by atoms with Gasteiger partial charge in [-0.05, 0) is 19.2 Å². The molecule has 0 aromatic heterocycles. The average molecular weight is 206 g/mol. The second-order valence-corrected chi connectivity index (χ2v) is 3.52. The smallest absolute Gasteiger partial charge is 0.233 e. The molecule has 1 aromatic carbocycles. The van der Waals surface area contributed by atoms with E-state index in [1.165, 1.54) is 0 Å². The lowest BCUT2D eigenvalue weighted by atomic mass is 10.00. The van der Waals surface area contributed by atoms with Crippen molar-refractivity contribution < 1.29 is 9.53 Å². The van der Waals surface area contributed by atoms with Crippen molar-refractivity contribution in [2.75, 3.05) is 26.0 Å². The first kappa shape index (κ1) is 9.98. The Morgan fingerprint density at radius 2 is 2.33 bits per heavy atom. The summed E-state index contributed by atoms with van der Waals surface area (Å²) in [7, 11) is 3.45. The van der Waals surface area contributed by atoms with Crippen molar-refractivity contribution in [3.05, 3.63) is 23.8 Å². The quantitative estimate of drug-likeness (QED) is 0.774. The summed E-state index contributed by atoms with van der Waals surface area (Å²) in [5.74, 6) is 0.649. The molecule has 1 aliphatic rings. The van der Waals surface area contributed by atoms with Crippen molar-refractivity contribution in [2.24, 2.45) is 0 Å². The second-order valence-electron chi connectivity index (χ2n) is 3.52. The molecule has 80 valence electrons. The van der Waals surface area contributed by atoms with Crippen LogP contribution in [0.4, 0.5) is 5.69 Å². The van der Waals surface area contributed by atoms with E-state index in [9.17, 15) is 4.79 Å². The van der Waals surface area contributed by atoms with Crippen molar-refractivity contribution in [1.82, 2.24) is 5.32 Å². The molecule has 0 fully saturated rings. The van der Waals surface area contributed by atoms with Gasteiger partial charge in [0.2, 0.25) is 5.91 Å². The van der Waals surface area contributed by atoms with E-state index in [0.717, 1.165) is 17.0 Å². The highest BCUT2D eigenvalue weighted by Gasteiger charge is 2.32. The number of carbonyl (C=O) groups excluding carboxylic acids is 1. The van der Waals surface area contributed by atoms with Crippen LogP contribution in [0.2, 0.25) is 0 Å². The highest BCUT2D eigenvalue weighted by atomic mass is 16.5. The molecule has 2 N–H and O–H groups in total. The number of rotatable bonds is 3. The van der Waals surface area contributed by atoms with Crippen molar-refractivity contribution in [3.8, 4) is 5.75 Å². The first-order chi connectivity index (χ1) is 7.27. The molecule has 1 amide bonds. The molecule has 0 aliphatic carbocycles. The third kappa shape index (κ3) is 1.57. The molecule has 1 heterocycles. The van der Waals surface area contributed by atoms with Gasteiger partial charge in [0.15, 0.2) is 0 Å². The summed E-state index contributed by atoms with van der Waals surface area (Å²) in [5.41, 5.74) is 1.82. The number of likely N-dealkylation sites (N-methyl/N-ethyl adjacent to an activating group) is 1. The number of hydrogen-bond donors (Lipinski definition) is 2. The number of ether oxygens (including phenoxy) is 1. The van der Waals surface area contributed by atoms with Crippen LogP contribution in [0.1, 0.15) is 11.5 Å². The fourth-order valence-corrected chi connectivity index (χ4v) is 1.94. The van der Waals surface area contributed by atoms with E-state index in [-0.39, 0.29) is 11.8 Å². The Morgan fingerprint density at radius 3 is 3.00 bits per heavy atom. The maximum Gasteiger partial charge on any atom is 0.233 e. The molecule has 1 atom stereocenters. The Morgan fingerprint density at radius 1 is 1.53 bits per heavy atom. The fourth-order valence-electron chi connectivity index (χ4n) is 1.94. The lowest BCUT2D eigenvalue weighted by Gasteiger charge is -2.11. The van der Waals surface area contributed by atoms with Gasteiger partial charge in [0.1, 0.15) is 5.75 Å². The van der Waals surface area contributed by atoms with Gasteiger partial charge in [-0.1, -0.05) is 6.07 Å². The molecule has 0 radical (unpaired) electrons. The van der Waals surface area contributed by atoms with Crippen LogP contribution in [0.3, 0.4) is 0 Å². The van der Waals surface area contributed by atoms with Crippen LogP contribution in [0.5, 0.6) is 5.75 Å². The zero-order chi connectivity index (χ0) is 10.8. The van der Waals surface area contributed by atoms with Gasteiger partial charge in [-0.15, -0.1) is 0 Å². The van der Waals surface area contributed by atoms with Gasteiger partial charge in [0, 0.05) is 17.8 Å². The molecule has 0 saturated heterocycles. The molecule has 0 bridgehead atoms. The standard InChI is InChI=1S/C11H14N2O2/c1-12-6-7-10-8(13-11(7)14)4-3-5-9(10)15-2/h3-5,7,12H,6H2,1-2H3,(H,13,14). The van der Waals surface area contributed by atoms with Crippen molar-refractivity contribution >= 4 is 11.6 Å². The molecular weight excluding hydrogens is 192 g/mol. The van der Waals surface area contributed by atoms with E-state index in [2.05, 4.69) is 10.6 Å². The Bertz CT molecular complexity index is 390. The monoisotopic (exact) mass is 206 g/mol. The molecule has 15 heavy (non-hydrogen) atoms. The van der Waals surface area contributed by atoms with Crippen LogP contribution in [-0.2, 0) is 4.79 Å². The third-order valence-corrected chi connectivity index (χ3v) is 2.62. The van der Waals surface area contributed by atoms with Crippen molar-refractivity contribution in [3.63, 3.8) is 0 Å². The predicted molar refractivity (Wildman–Crippen MR) is 58.3 cm³/mol. The maximum absolute atomic E-state index is 11.7. The Hall–Kier alpha value is -1.55. The summed E-state index contributed by atoms with van der Waals surface area (Å²) in [6.45, 7) is 0.624. The van der Waals surface area contributed by atoms with Gasteiger partial charge >= 0.3 is 0 Å². The van der Waals surface area contributed by atoms with E-state index >= 15 is 0 Å². The second kappa shape index (κ2) is 3.90. The van der Waals surface area contributed by atoms with Gasteiger partial charge in [-0.25, -0.2) is 0 Å². The number of carbonyl (C=O) groups is 1. The SMILES string of the molecule is CNCC1C(=O)Nc2cccc(OC)c21. The highest BCUT2D eigenvalue weighted by molar-refractivity contribution is 6.04. The van der Waals surface area contributed by atoms with E-state index in [4.69, 9.17) is 4.74 Å². The van der Waals surface area contributed by atoms with Crippen LogP contribution in [0, 0.1) is 0 Å². The zero-order valence-corrected chi connectivity index (χ0v) is 8.83. The van der Waals surface area contributed by atoms with Crippen LogP contribution in [0.25, 0.3) is 0 Å². The molecular formula is C11H14N2O2. The van der Waals surface area contributed by atoms with Crippen molar-refractivity contribution in [1.29, 1.82) is 0 Å². The minimum Gasteiger partial charge on any atom is -0.496 e. The third-order valence-electron chi connectivity index (χ3n) is 2.62. The molecule has 1 aromatic rings. The first-order valence-corrected chi connectivity index (χ1v) is 4.90. The number of amides is 1. The minimum atomic E-state index is -0.152. The largest absolute Gasteiger partial charge is 0.496 e. The van der Waals surface area contributed by atoms with E-state index in [0.29, 0.717) is 6.54 Å². The van der Waals surface area contributed by atoms with Gasteiger partial charge < -0.3 is 15.4 Å². The van der Waals surface area contributed by atoms with Crippen LogP contribution in [0.15, 0.2) is 18.2 Å². The number of anilines is 1. The lowest BCUT2D eigenvalue weighted by Crippen LogP contribution is -2.23. The van der Waals surface area contributed by atoms with Gasteiger partial charge in [0.25, 0.3) is 0 Å². The molecule has 1 aliphatic heterocycles. The van der Waals surface area contributed by atoms with E-state index in [1.54, 1.807) is 7.11 Å². The van der Waals surface area contributed by atoms with Crippen LogP contribution < -0.4 is 15.4 Å². The van der Waals surface area contributed by atoms with E-state index in [1.807, 2.05) is 25.2 Å². The molecule has 0 spiro atoms. The van der Waals surface area contributed by atoms with Gasteiger partial charge in [-0.3, -0.25) is 4.79 Å². The molecule has 4 nitrogen and oxygen atoms in total. The number of methoxy groups -OCH3 is 1. The summed E-state index contributed by atoms with van der Waals surface area (Å²) >= 11 is 0. The molecule has 4 heteroatoms. The molecule has 1 unspecified atom stereocenters. The number of fused-ring (bicyclic) bond motifs is 1.